The van der Waals surface area contributed by atoms with Crippen molar-refractivity contribution in [3.63, 3.8) is 0 Å². The van der Waals surface area contributed by atoms with Gasteiger partial charge in [0.2, 0.25) is 0 Å². The van der Waals surface area contributed by atoms with Gasteiger partial charge in [-0.3, -0.25) is 4.79 Å². The van der Waals surface area contributed by atoms with Crippen LogP contribution in [0.15, 0.2) is 48.5 Å². The molecule has 1 aromatic heterocycles. The molecule has 3 aromatic carbocycles. The van der Waals surface area contributed by atoms with Gasteiger partial charge < -0.3 is 20.3 Å². The Balaban J connectivity index is 1.48. The van der Waals surface area contributed by atoms with E-state index in [0.717, 1.165) is 51.6 Å². The molecule has 0 unspecified atom stereocenters. The van der Waals surface area contributed by atoms with Crippen LogP contribution in [0.3, 0.4) is 0 Å². The molecular weight excluding hydrogens is 398 g/mol. The molecule has 6 heteroatoms. The second-order valence-electron chi connectivity index (χ2n) is 8.05. The summed E-state index contributed by atoms with van der Waals surface area (Å²) in [6.07, 6.45) is 0.957. The van der Waals surface area contributed by atoms with Crippen molar-refractivity contribution in [2.75, 3.05) is 29.2 Å². The van der Waals surface area contributed by atoms with Crippen molar-refractivity contribution in [3.05, 3.63) is 65.4 Å². The zero-order chi connectivity index (χ0) is 20.4. The Hall–Kier alpha value is -3.18. The average molecular weight is 418 g/mol. The Morgan fingerprint density at radius 3 is 2.80 bits per heavy atom. The summed E-state index contributed by atoms with van der Waals surface area (Å²) in [4.78, 5) is 18.6. The highest BCUT2D eigenvalue weighted by Gasteiger charge is 2.35. The lowest BCUT2D eigenvalue weighted by Crippen LogP contribution is -2.30. The summed E-state index contributed by atoms with van der Waals surface area (Å²) in [6, 6.07) is 15.5. The standard InChI is InChI=1S/C24H20ClN3O2/c25-11-13-12-28(21-10-22(29)15-3-1-2-4-16(15)23(13)21)24(30)20-9-17-14-7-8-26-18(14)5-6-19(17)27-20/h1-6,9-10,13,26-27,29H,7-8,11-12H2/t13-/m1/s1. The number of halogens is 1. The maximum absolute atomic E-state index is 13.5. The molecule has 1 amide bonds. The molecule has 0 radical (unpaired) electrons. The molecule has 3 N–H and O–H groups in total. The number of nitrogens with one attached hydrogen (secondary N) is 2. The highest BCUT2D eigenvalue weighted by atomic mass is 35.5. The summed E-state index contributed by atoms with van der Waals surface area (Å²) in [6.45, 7) is 1.42. The molecule has 6 rings (SSSR count). The van der Waals surface area contributed by atoms with E-state index in [1.54, 1.807) is 11.0 Å². The highest BCUT2D eigenvalue weighted by molar-refractivity contribution is 6.19. The number of phenolic OH excluding ortho intramolecular Hbond substituents is 1. The number of phenols is 1. The Morgan fingerprint density at radius 2 is 1.97 bits per heavy atom. The molecule has 150 valence electrons. The molecule has 0 saturated carbocycles. The van der Waals surface area contributed by atoms with Crippen molar-refractivity contribution in [2.24, 2.45) is 0 Å². The van der Waals surface area contributed by atoms with Crippen LogP contribution in [0.25, 0.3) is 21.7 Å². The molecule has 30 heavy (non-hydrogen) atoms. The Kier molecular flexibility index (Phi) is 3.77. The number of aromatic amines is 1. The molecule has 2 aliphatic heterocycles. The lowest BCUT2D eigenvalue weighted by atomic mass is 9.95. The summed E-state index contributed by atoms with van der Waals surface area (Å²) in [7, 11) is 0. The van der Waals surface area contributed by atoms with E-state index < -0.39 is 0 Å². The van der Waals surface area contributed by atoms with E-state index in [-0.39, 0.29) is 17.6 Å². The largest absolute Gasteiger partial charge is 0.507 e. The van der Waals surface area contributed by atoms with Gasteiger partial charge in [-0.2, -0.15) is 0 Å². The van der Waals surface area contributed by atoms with Gasteiger partial charge in [0.05, 0.1) is 5.69 Å². The van der Waals surface area contributed by atoms with Crippen molar-refractivity contribution in [1.82, 2.24) is 4.98 Å². The van der Waals surface area contributed by atoms with Crippen LogP contribution in [0.1, 0.15) is 27.5 Å². The Morgan fingerprint density at radius 1 is 1.13 bits per heavy atom. The monoisotopic (exact) mass is 417 g/mol. The lowest BCUT2D eigenvalue weighted by Gasteiger charge is -2.17. The number of aromatic hydroxyl groups is 1. The smallest absolute Gasteiger partial charge is 0.274 e. The first-order chi connectivity index (χ1) is 14.7. The number of carbonyl (C=O) groups excluding carboxylic acids is 1. The van der Waals surface area contributed by atoms with Gasteiger partial charge in [0.1, 0.15) is 11.4 Å². The van der Waals surface area contributed by atoms with E-state index >= 15 is 0 Å². The molecule has 0 saturated heterocycles. The number of nitrogens with zero attached hydrogens (tertiary/aromatic N) is 1. The van der Waals surface area contributed by atoms with Crippen molar-refractivity contribution < 1.29 is 9.90 Å². The SMILES string of the molecule is O=C(c1cc2c3c(ccc2[nH]1)NCC3)N1C[C@@H](CCl)c2c1cc(O)c1ccccc21. The van der Waals surface area contributed by atoms with Gasteiger partial charge in [-0.1, -0.05) is 24.3 Å². The second-order valence-corrected chi connectivity index (χ2v) is 8.36. The number of H-pyrrole nitrogens is 1. The summed E-state index contributed by atoms with van der Waals surface area (Å²) in [5, 5.41) is 16.8. The van der Waals surface area contributed by atoms with Crippen LogP contribution in [0.4, 0.5) is 11.4 Å². The third-order valence-corrected chi connectivity index (χ3v) is 6.78. The first-order valence-electron chi connectivity index (χ1n) is 10.2. The van der Waals surface area contributed by atoms with Gasteiger partial charge in [-0.05, 0) is 41.1 Å². The molecule has 3 heterocycles. The Labute approximate surface area is 178 Å². The number of hydrogen-bond acceptors (Lipinski definition) is 3. The molecule has 0 fully saturated rings. The van der Waals surface area contributed by atoms with Crippen LogP contribution < -0.4 is 10.2 Å². The molecule has 4 aromatic rings. The third kappa shape index (κ3) is 2.39. The fourth-order valence-electron chi connectivity index (χ4n) is 5.03. The van der Waals surface area contributed by atoms with Gasteiger partial charge in [0, 0.05) is 52.9 Å². The van der Waals surface area contributed by atoms with Gasteiger partial charge in [0.25, 0.3) is 5.91 Å². The topological polar surface area (TPSA) is 68.4 Å². The normalized spacial score (nSPS) is 17.4. The van der Waals surface area contributed by atoms with Gasteiger partial charge in [0.15, 0.2) is 0 Å². The number of rotatable bonds is 2. The highest BCUT2D eigenvalue weighted by Crippen LogP contribution is 2.45. The van der Waals surface area contributed by atoms with Crippen LogP contribution in [0, 0.1) is 0 Å². The summed E-state index contributed by atoms with van der Waals surface area (Å²) >= 11 is 6.30. The van der Waals surface area contributed by atoms with Crippen molar-refractivity contribution in [1.29, 1.82) is 0 Å². The molecular formula is C24H20ClN3O2. The number of alkyl halides is 1. The van der Waals surface area contributed by atoms with Gasteiger partial charge >= 0.3 is 0 Å². The van der Waals surface area contributed by atoms with E-state index in [2.05, 4.69) is 16.4 Å². The van der Waals surface area contributed by atoms with Crippen LogP contribution in [0.5, 0.6) is 5.75 Å². The summed E-state index contributed by atoms with van der Waals surface area (Å²) in [5.74, 6) is 0.513. The number of hydrogen-bond donors (Lipinski definition) is 3. The number of fused-ring (bicyclic) bond motifs is 6. The molecule has 0 aliphatic carbocycles. The first kappa shape index (κ1) is 17.7. The maximum atomic E-state index is 13.5. The first-order valence-corrected chi connectivity index (χ1v) is 10.7. The minimum absolute atomic E-state index is 0.0222. The third-order valence-electron chi connectivity index (χ3n) is 6.41. The fraction of sp³-hybridized carbons (Fsp3) is 0.208. The van der Waals surface area contributed by atoms with E-state index in [9.17, 15) is 9.90 Å². The van der Waals surface area contributed by atoms with Gasteiger partial charge in [-0.15, -0.1) is 11.6 Å². The molecule has 2 aliphatic rings. The molecule has 1 atom stereocenters. The zero-order valence-electron chi connectivity index (χ0n) is 16.2. The van der Waals surface area contributed by atoms with Crippen molar-refractivity contribution >= 4 is 50.6 Å². The van der Waals surface area contributed by atoms with E-state index in [1.165, 1.54) is 5.56 Å². The molecule has 5 nitrogen and oxygen atoms in total. The molecule has 0 bridgehead atoms. The lowest BCUT2D eigenvalue weighted by molar-refractivity contribution is 0.0984. The van der Waals surface area contributed by atoms with Crippen molar-refractivity contribution in [2.45, 2.75) is 12.3 Å². The maximum Gasteiger partial charge on any atom is 0.274 e. The predicted octanol–water partition coefficient (Wildman–Crippen LogP) is 4.98. The van der Waals surface area contributed by atoms with E-state index in [0.29, 0.717) is 18.1 Å². The number of aromatic nitrogens is 1. The summed E-state index contributed by atoms with van der Waals surface area (Å²) in [5.41, 5.74) is 5.70. The number of carbonyl (C=O) groups is 1. The van der Waals surface area contributed by atoms with Crippen molar-refractivity contribution in [3.8, 4) is 5.75 Å². The Bertz CT molecular complexity index is 1340. The number of benzene rings is 3. The minimum atomic E-state index is -0.102. The van der Waals surface area contributed by atoms with Crippen LogP contribution in [-0.2, 0) is 6.42 Å². The molecule has 0 spiro atoms. The minimum Gasteiger partial charge on any atom is -0.507 e. The second kappa shape index (κ2) is 6.41. The van der Waals surface area contributed by atoms with Crippen LogP contribution in [0.2, 0.25) is 0 Å². The van der Waals surface area contributed by atoms with E-state index in [1.807, 2.05) is 36.4 Å². The quantitative estimate of drug-likeness (QED) is 0.403. The fourth-order valence-corrected chi connectivity index (χ4v) is 5.28. The van der Waals surface area contributed by atoms with Gasteiger partial charge in [-0.25, -0.2) is 0 Å². The average Bonchev–Trinajstić information content (AvgIpc) is 3.48. The van der Waals surface area contributed by atoms with Crippen LogP contribution >= 0.6 is 11.6 Å². The zero-order valence-corrected chi connectivity index (χ0v) is 17.0. The number of amides is 1. The summed E-state index contributed by atoms with van der Waals surface area (Å²) < 4.78 is 0. The van der Waals surface area contributed by atoms with E-state index in [4.69, 9.17) is 11.6 Å². The predicted molar refractivity (Wildman–Crippen MR) is 121 cm³/mol. The van der Waals surface area contributed by atoms with Crippen LogP contribution in [-0.4, -0.2) is 35.0 Å². The number of anilines is 2.